The third kappa shape index (κ3) is 2.68. The third-order valence-corrected chi connectivity index (χ3v) is 3.35. The minimum absolute atomic E-state index is 0.739. The Kier molecular flexibility index (Phi) is 2.89. The van der Waals surface area contributed by atoms with Crippen molar-refractivity contribution in [3.8, 4) is 0 Å². The van der Waals surface area contributed by atoms with E-state index in [-0.39, 0.29) is 0 Å². The smallest absolute Gasteiger partial charge is 0.0113 e. The Labute approximate surface area is 81.9 Å². The zero-order chi connectivity index (χ0) is 9.26. The van der Waals surface area contributed by atoms with Crippen LogP contribution in [0.25, 0.3) is 0 Å². The lowest BCUT2D eigenvalue weighted by Crippen LogP contribution is -2.49. The van der Waals surface area contributed by atoms with Crippen LogP contribution < -0.4 is 0 Å². The summed E-state index contributed by atoms with van der Waals surface area (Å²) in [7, 11) is 0. The Morgan fingerprint density at radius 1 is 1.08 bits per heavy atom. The molecule has 13 heavy (non-hydrogen) atoms. The largest absolute Gasteiger partial charge is 0.301 e. The number of rotatable bonds is 3. The van der Waals surface area contributed by atoms with E-state index < -0.39 is 0 Å². The maximum atomic E-state index is 2.65. The van der Waals surface area contributed by atoms with Gasteiger partial charge < -0.3 is 4.90 Å². The second kappa shape index (κ2) is 3.97. The number of nitrogens with zero attached hydrogens (tertiary/aromatic N) is 2. The number of piperazine rings is 1. The molecule has 2 rings (SSSR count). The maximum Gasteiger partial charge on any atom is 0.0113 e. The van der Waals surface area contributed by atoms with Crippen molar-refractivity contribution < 1.29 is 0 Å². The van der Waals surface area contributed by atoms with E-state index in [2.05, 4.69) is 23.6 Å². The predicted molar refractivity (Wildman–Crippen MR) is 55.9 cm³/mol. The highest BCUT2D eigenvalue weighted by molar-refractivity contribution is 4.81. The first kappa shape index (κ1) is 9.47. The van der Waals surface area contributed by atoms with Gasteiger partial charge >= 0.3 is 0 Å². The molecule has 0 radical (unpaired) electrons. The molecule has 0 aromatic rings. The lowest BCUT2D eigenvalue weighted by Gasteiger charge is -2.36. The van der Waals surface area contributed by atoms with Crippen molar-refractivity contribution in [3.05, 3.63) is 0 Å². The van der Waals surface area contributed by atoms with E-state index in [4.69, 9.17) is 0 Å². The molecule has 2 aliphatic rings. The molecule has 1 saturated heterocycles. The maximum absolute atomic E-state index is 2.65. The van der Waals surface area contributed by atoms with Crippen LogP contribution in [0.1, 0.15) is 26.7 Å². The molecule has 1 aliphatic heterocycles. The van der Waals surface area contributed by atoms with Crippen molar-refractivity contribution in [2.45, 2.75) is 32.7 Å². The SMILES string of the molecule is CC(C)N1CCN(CC2CC2)CC1. The molecule has 1 aliphatic carbocycles. The van der Waals surface area contributed by atoms with Crippen molar-refractivity contribution in [2.75, 3.05) is 32.7 Å². The van der Waals surface area contributed by atoms with Crippen LogP contribution in [0.2, 0.25) is 0 Å². The summed E-state index contributed by atoms with van der Waals surface area (Å²) in [6.07, 6.45) is 2.98. The van der Waals surface area contributed by atoms with E-state index in [0.29, 0.717) is 0 Å². The van der Waals surface area contributed by atoms with Gasteiger partial charge in [-0.15, -0.1) is 0 Å². The Morgan fingerprint density at radius 3 is 2.15 bits per heavy atom. The van der Waals surface area contributed by atoms with Gasteiger partial charge in [0.2, 0.25) is 0 Å². The van der Waals surface area contributed by atoms with Gasteiger partial charge in [0.25, 0.3) is 0 Å². The monoisotopic (exact) mass is 182 g/mol. The van der Waals surface area contributed by atoms with Crippen molar-refractivity contribution in [1.82, 2.24) is 9.80 Å². The van der Waals surface area contributed by atoms with Crippen molar-refractivity contribution in [1.29, 1.82) is 0 Å². The molecule has 1 saturated carbocycles. The second-order valence-electron chi connectivity index (χ2n) is 4.87. The van der Waals surface area contributed by atoms with Crippen LogP contribution in [0.5, 0.6) is 0 Å². The molecular formula is C11H22N2. The molecule has 0 bridgehead atoms. The summed E-state index contributed by atoms with van der Waals surface area (Å²) in [5.74, 6) is 1.06. The van der Waals surface area contributed by atoms with Crippen LogP contribution in [0.3, 0.4) is 0 Å². The summed E-state index contributed by atoms with van der Waals surface area (Å²) in [6.45, 7) is 11.1. The molecule has 0 atom stereocenters. The van der Waals surface area contributed by atoms with Gasteiger partial charge in [-0.05, 0) is 32.6 Å². The van der Waals surface area contributed by atoms with Crippen molar-refractivity contribution in [2.24, 2.45) is 5.92 Å². The fraction of sp³-hybridized carbons (Fsp3) is 1.00. The van der Waals surface area contributed by atoms with E-state index in [1.54, 1.807) is 0 Å². The minimum atomic E-state index is 0.739. The highest BCUT2D eigenvalue weighted by atomic mass is 15.3. The molecule has 2 heteroatoms. The van der Waals surface area contributed by atoms with E-state index in [1.165, 1.54) is 45.6 Å². The first-order valence-electron chi connectivity index (χ1n) is 5.72. The quantitative estimate of drug-likeness (QED) is 0.651. The van der Waals surface area contributed by atoms with Crippen LogP contribution in [-0.2, 0) is 0 Å². The van der Waals surface area contributed by atoms with Crippen molar-refractivity contribution in [3.63, 3.8) is 0 Å². The molecule has 0 aromatic carbocycles. The van der Waals surface area contributed by atoms with Gasteiger partial charge in [-0.25, -0.2) is 0 Å². The molecule has 0 unspecified atom stereocenters. The normalized spacial score (nSPS) is 27.0. The Morgan fingerprint density at radius 2 is 1.69 bits per heavy atom. The molecular weight excluding hydrogens is 160 g/mol. The first-order valence-corrected chi connectivity index (χ1v) is 5.72. The lowest BCUT2D eigenvalue weighted by molar-refractivity contribution is 0.105. The summed E-state index contributed by atoms with van der Waals surface area (Å²) < 4.78 is 0. The Bertz CT molecular complexity index is 155. The van der Waals surface area contributed by atoms with Crippen LogP contribution in [0.4, 0.5) is 0 Å². The molecule has 0 N–H and O–H groups in total. The molecule has 0 spiro atoms. The minimum Gasteiger partial charge on any atom is -0.301 e. The summed E-state index contributed by atoms with van der Waals surface area (Å²) >= 11 is 0. The lowest BCUT2D eigenvalue weighted by atomic mass is 10.2. The highest BCUT2D eigenvalue weighted by Crippen LogP contribution is 2.29. The Hall–Kier alpha value is -0.0800. The van der Waals surface area contributed by atoms with Gasteiger partial charge in [-0.2, -0.15) is 0 Å². The highest BCUT2D eigenvalue weighted by Gasteiger charge is 2.26. The summed E-state index contributed by atoms with van der Waals surface area (Å²) in [4.78, 5) is 5.24. The van der Waals surface area contributed by atoms with Gasteiger partial charge in [0.15, 0.2) is 0 Å². The summed E-state index contributed by atoms with van der Waals surface area (Å²) in [5.41, 5.74) is 0. The first-order chi connectivity index (χ1) is 6.25. The molecule has 2 fully saturated rings. The van der Waals surface area contributed by atoms with E-state index in [9.17, 15) is 0 Å². The predicted octanol–water partition coefficient (Wildman–Crippen LogP) is 1.42. The standard InChI is InChI=1S/C11H22N2/c1-10(2)13-7-5-12(6-8-13)9-11-3-4-11/h10-11H,3-9H2,1-2H3. The third-order valence-electron chi connectivity index (χ3n) is 3.35. The molecule has 2 nitrogen and oxygen atoms in total. The summed E-state index contributed by atoms with van der Waals surface area (Å²) in [6, 6.07) is 0.739. The van der Waals surface area contributed by atoms with Gasteiger partial charge in [-0.1, -0.05) is 0 Å². The van der Waals surface area contributed by atoms with Crippen molar-refractivity contribution >= 4 is 0 Å². The van der Waals surface area contributed by atoms with Gasteiger partial charge in [0, 0.05) is 38.8 Å². The molecule has 76 valence electrons. The summed E-state index contributed by atoms with van der Waals surface area (Å²) in [5, 5.41) is 0. The van der Waals surface area contributed by atoms with Crippen LogP contribution in [-0.4, -0.2) is 48.6 Å². The number of hydrogen-bond donors (Lipinski definition) is 0. The molecule has 0 aromatic heterocycles. The second-order valence-corrected chi connectivity index (χ2v) is 4.87. The van der Waals surface area contributed by atoms with E-state index in [1.807, 2.05) is 0 Å². The number of hydrogen-bond acceptors (Lipinski definition) is 2. The van der Waals surface area contributed by atoms with Gasteiger partial charge in [-0.3, -0.25) is 4.90 Å². The zero-order valence-corrected chi connectivity index (χ0v) is 9.00. The van der Waals surface area contributed by atoms with Gasteiger partial charge in [0.05, 0.1) is 0 Å². The van der Waals surface area contributed by atoms with Crippen LogP contribution in [0.15, 0.2) is 0 Å². The van der Waals surface area contributed by atoms with E-state index >= 15 is 0 Å². The fourth-order valence-corrected chi connectivity index (χ4v) is 2.13. The van der Waals surface area contributed by atoms with Crippen LogP contribution in [0, 0.1) is 5.92 Å². The topological polar surface area (TPSA) is 6.48 Å². The van der Waals surface area contributed by atoms with Gasteiger partial charge in [0.1, 0.15) is 0 Å². The average Bonchev–Trinajstić information content (AvgIpc) is 2.89. The fourth-order valence-electron chi connectivity index (χ4n) is 2.13. The average molecular weight is 182 g/mol. The Balaban J connectivity index is 1.69. The molecule has 0 amide bonds. The zero-order valence-electron chi connectivity index (χ0n) is 9.00. The molecule has 1 heterocycles. The van der Waals surface area contributed by atoms with Crippen LogP contribution >= 0.6 is 0 Å². The van der Waals surface area contributed by atoms with E-state index in [0.717, 1.165) is 12.0 Å².